The van der Waals surface area contributed by atoms with E-state index < -0.39 is 0 Å². The van der Waals surface area contributed by atoms with Crippen molar-refractivity contribution in [1.29, 1.82) is 0 Å². The molecule has 3 N–H and O–H groups in total. The largest absolute Gasteiger partial charge is 0.492 e. The van der Waals surface area contributed by atoms with Crippen LogP contribution in [0.15, 0.2) is 24.3 Å². The number of rotatable bonds is 8. The summed E-state index contributed by atoms with van der Waals surface area (Å²) in [7, 11) is 0. The maximum atomic E-state index is 11.4. The van der Waals surface area contributed by atoms with E-state index in [2.05, 4.69) is 31.1 Å². The molecule has 0 aliphatic heterocycles. The number of nitrogens with two attached hydrogens (primary N) is 1. The Morgan fingerprint density at radius 2 is 2.15 bits per heavy atom. The molecule has 5 heteroatoms. The molecule has 0 aliphatic rings. The second-order valence-electron chi connectivity index (χ2n) is 4.98. The van der Waals surface area contributed by atoms with Gasteiger partial charge in [0.05, 0.1) is 0 Å². The number of ether oxygens (including phenoxy) is 1. The third kappa shape index (κ3) is 5.19. The van der Waals surface area contributed by atoms with Crippen LogP contribution in [-0.2, 0) is 0 Å². The Kier molecular flexibility index (Phi) is 7.04. The van der Waals surface area contributed by atoms with Crippen molar-refractivity contribution >= 4 is 5.91 Å². The molecule has 0 atom stereocenters. The van der Waals surface area contributed by atoms with Crippen molar-refractivity contribution < 1.29 is 9.53 Å². The molecular weight excluding hydrogens is 254 g/mol. The molecular formula is C15H25N3O2. The predicted molar refractivity (Wildman–Crippen MR) is 80.6 cm³/mol. The molecule has 0 bridgehead atoms. The van der Waals surface area contributed by atoms with Crippen molar-refractivity contribution in [2.75, 3.05) is 19.7 Å². The molecule has 0 fully saturated rings. The highest BCUT2D eigenvalue weighted by atomic mass is 16.5. The Bertz CT molecular complexity index is 421. The van der Waals surface area contributed by atoms with E-state index in [1.165, 1.54) is 0 Å². The predicted octanol–water partition coefficient (Wildman–Crippen LogP) is 1.79. The topological polar surface area (TPSA) is 67.6 Å². The molecule has 20 heavy (non-hydrogen) atoms. The standard InChI is InChI=1S/C15H25N3O2/c1-4-8-18(12(2)3)9-10-20-14-7-5-6-13(11-14)15(19)17-16/h5-7,11-12H,4,8-10,16H2,1-3H3,(H,17,19). The maximum Gasteiger partial charge on any atom is 0.265 e. The fourth-order valence-corrected chi connectivity index (χ4v) is 2.01. The molecule has 1 aromatic carbocycles. The lowest BCUT2D eigenvalue weighted by molar-refractivity contribution is 0.0953. The van der Waals surface area contributed by atoms with E-state index in [-0.39, 0.29) is 5.91 Å². The zero-order valence-corrected chi connectivity index (χ0v) is 12.6. The van der Waals surface area contributed by atoms with Crippen LogP contribution in [0.1, 0.15) is 37.6 Å². The normalized spacial score (nSPS) is 10.9. The van der Waals surface area contributed by atoms with Gasteiger partial charge in [0, 0.05) is 18.2 Å². The number of carbonyl (C=O) groups excluding carboxylic acids is 1. The van der Waals surface area contributed by atoms with Gasteiger partial charge in [-0.15, -0.1) is 0 Å². The van der Waals surface area contributed by atoms with Crippen LogP contribution in [0, 0.1) is 0 Å². The first-order chi connectivity index (χ1) is 9.58. The summed E-state index contributed by atoms with van der Waals surface area (Å²) in [5.74, 6) is 5.49. The first-order valence-electron chi connectivity index (χ1n) is 7.06. The Morgan fingerprint density at radius 3 is 2.75 bits per heavy atom. The number of hydrogen-bond donors (Lipinski definition) is 2. The number of nitrogens with zero attached hydrogens (tertiary/aromatic N) is 1. The summed E-state index contributed by atoms with van der Waals surface area (Å²) in [6.07, 6.45) is 1.13. The Balaban J connectivity index is 2.51. The van der Waals surface area contributed by atoms with Crippen LogP contribution in [-0.4, -0.2) is 36.5 Å². The molecule has 1 aromatic rings. The smallest absolute Gasteiger partial charge is 0.265 e. The highest BCUT2D eigenvalue weighted by Gasteiger charge is 2.09. The summed E-state index contributed by atoms with van der Waals surface area (Å²) in [6.45, 7) is 9.08. The van der Waals surface area contributed by atoms with Crippen LogP contribution >= 0.6 is 0 Å². The van der Waals surface area contributed by atoms with Gasteiger partial charge in [-0.2, -0.15) is 0 Å². The molecule has 5 nitrogen and oxygen atoms in total. The van der Waals surface area contributed by atoms with Crippen molar-refractivity contribution in [3.8, 4) is 5.75 Å². The molecule has 0 unspecified atom stereocenters. The molecule has 0 aliphatic carbocycles. The number of nitrogens with one attached hydrogen (secondary N) is 1. The van der Waals surface area contributed by atoms with Gasteiger partial charge in [-0.1, -0.05) is 13.0 Å². The molecule has 0 heterocycles. The van der Waals surface area contributed by atoms with Crippen molar-refractivity contribution in [3.63, 3.8) is 0 Å². The summed E-state index contributed by atoms with van der Waals surface area (Å²) in [6, 6.07) is 7.53. The summed E-state index contributed by atoms with van der Waals surface area (Å²) in [5, 5.41) is 0. The van der Waals surface area contributed by atoms with Crippen LogP contribution in [0.2, 0.25) is 0 Å². The third-order valence-electron chi connectivity index (χ3n) is 3.12. The highest BCUT2D eigenvalue weighted by molar-refractivity contribution is 5.94. The van der Waals surface area contributed by atoms with Gasteiger partial charge in [-0.05, 0) is 45.0 Å². The zero-order chi connectivity index (χ0) is 15.0. The van der Waals surface area contributed by atoms with Gasteiger partial charge >= 0.3 is 0 Å². The molecule has 0 saturated heterocycles. The average molecular weight is 279 g/mol. The Hall–Kier alpha value is -1.59. The summed E-state index contributed by atoms with van der Waals surface area (Å²) < 4.78 is 5.71. The van der Waals surface area contributed by atoms with E-state index in [0.29, 0.717) is 24.0 Å². The van der Waals surface area contributed by atoms with Crippen LogP contribution in [0.3, 0.4) is 0 Å². The number of nitrogen functional groups attached to an aromatic ring is 1. The van der Waals surface area contributed by atoms with E-state index in [1.807, 2.05) is 6.07 Å². The molecule has 0 saturated carbocycles. The van der Waals surface area contributed by atoms with Crippen LogP contribution in [0.4, 0.5) is 0 Å². The molecule has 0 radical (unpaired) electrons. The summed E-state index contributed by atoms with van der Waals surface area (Å²) >= 11 is 0. The van der Waals surface area contributed by atoms with Gasteiger partial charge < -0.3 is 4.74 Å². The molecule has 1 rings (SSSR count). The van der Waals surface area contributed by atoms with Crippen molar-refractivity contribution in [2.24, 2.45) is 5.84 Å². The number of hydrazine groups is 1. The Labute approximate surface area is 121 Å². The average Bonchev–Trinajstić information content (AvgIpc) is 2.45. The zero-order valence-electron chi connectivity index (χ0n) is 12.6. The van der Waals surface area contributed by atoms with Gasteiger partial charge in [0.1, 0.15) is 12.4 Å². The van der Waals surface area contributed by atoms with Crippen molar-refractivity contribution in [1.82, 2.24) is 10.3 Å². The number of carbonyl (C=O) groups is 1. The van der Waals surface area contributed by atoms with Crippen LogP contribution in [0.25, 0.3) is 0 Å². The van der Waals surface area contributed by atoms with Gasteiger partial charge in [-0.25, -0.2) is 5.84 Å². The van der Waals surface area contributed by atoms with Crippen LogP contribution < -0.4 is 16.0 Å². The fraction of sp³-hybridized carbons (Fsp3) is 0.533. The molecule has 112 valence electrons. The lowest BCUT2D eigenvalue weighted by atomic mass is 10.2. The van der Waals surface area contributed by atoms with E-state index in [1.54, 1.807) is 18.2 Å². The van der Waals surface area contributed by atoms with Gasteiger partial charge in [-0.3, -0.25) is 15.1 Å². The number of hydrogen-bond acceptors (Lipinski definition) is 4. The van der Waals surface area contributed by atoms with E-state index in [4.69, 9.17) is 10.6 Å². The molecule has 0 aromatic heterocycles. The first kappa shape index (κ1) is 16.5. The van der Waals surface area contributed by atoms with Crippen LogP contribution in [0.5, 0.6) is 5.75 Å². The van der Waals surface area contributed by atoms with Gasteiger partial charge in [0.25, 0.3) is 5.91 Å². The quantitative estimate of drug-likeness (QED) is 0.432. The van der Waals surface area contributed by atoms with Gasteiger partial charge in [0.2, 0.25) is 0 Å². The monoisotopic (exact) mass is 279 g/mol. The third-order valence-corrected chi connectivity index (χ3v) is 3.12. The minimum absolute atomic E-state index is 0.315. The minimum Gasteiger partial charge on any atom is -0.492 e. The molecule has 0 spiro atoms. The van der Waals surface area contributed by atoms with E-state index in [9.17, 15) is 4.79 Å². The Morgan fingerprint density at radius 1 is 1.40 bits per heavy atom. The van der Waals surface area contributed by atoms with Crippen molar-refractivity contribution in [2.45, 2.75) is 33.2 Å². The highest BCUT2D eigenvalue weighted by Crippen LogP contribution is 2.13. The summed E-state index contributed by atoms with van der Waals surface area (Å²) in [5.41, 5.74) is 2.61. The lowest BCUT2D eigenvalue weighted by Gasteiger charge is -2.25. The second kappa shape index (κ2) is 8.55. The van der Waals surface area contributed by atoms with E-state index in [0.717, 1.165) is 19.5 Å². The number of amides is 1. The summed E-state index contributed by atoms with van der Waals surface area (Å²) in [4.78, 5) is 13.8. The molecule has 1 amide bonds. The lowest BCUT2D eigenvalue weighted by Crippen LogP contribution is -2.35. The SMILES string of the molecule is CCCN(CCOc1cccc(C(=O)NN)c1)C(C)C. The number of benzene rings is 1. The second-order valence-corrected chi connectivity index (χ2v) is 4.98. The first-order valence-corrected chi connectivity index (χ1v) is 7.06. The van der Waals surface area contributed by atoms with Crippen molar-refractivity contribution in [3.05, 3.63) is 29.8 Å². The van der Waals surface area contributed by atoms with E-state index >= 15 is 0 Å². The minimum atomic E-state index is -0.315. The fourth-order valence-electron chi connectivity index (χ4n) is 2.01. The maximum absolute atomic E-state index is 11.4. The van der Waals surface area contributed by atoms with Gasteiger partial charge in [0.15, 0.2) is 0 Å².